The summed E-state index contributed by atoms with van der Waals surface area (Å²) >= 11 is 0. The van der Waals surface area contributed by atoms with Crippen LogP contribution in [0.3, 0.4) is 0 Å². The molecule has 0 aliphatic carbocycles. The van der Waals surface area contributed by atoms with Crippen LogP contribution >= 0.6 is 0 Å². The maximum absolute atomic E-state index is 13.2. The average molecular weight is 305 g/mol. The molecule has 0 aliphatic heterocycles. The minimum Gasteiger partial charge on any atom is -0.398 e. The zero-order valence-electron chi connectivity index (χ0n) is 12.5. The molecule has 0 fully saturated rings. The van der Waals surface area contributed by atoms with E-state index < -0.39 is 10.8 Å². The zero-order valence-corrected chi connectivity index (χ0v) is 13.3. The molecule has 2 aromatic carbocycles. The van der Waals surface area contributed by atoms with Gasteiger partial charge in [0.05, 0.1) is 16.6 Å². The molecule has 1 atom stereocenters. The SMILES string of the molecule is CC(C)(C)c1ccc(S(=O)Cc2cc(F)ccc2N)cc1. The first-order valence-electron chi connectivity index (χ1n) is 6.80. The van der Waals surface area contributed by atoms with Crippen LogP contribution in [-0.4, -0.2) is 4.21 Å². The van der Waals surface area contributed by atoms with Gasteiger partial charge in [-0.3, -0.25) is 4.21 Å². The molecule has 0 aromatic heterocycles. The second kappa shape index (κ2) is 5.98. The van der Waals surface area contributed by atoms with E-state index >= 15 is 0 Å². The minimum atomic E-state index is -1.23. The van der Waals surface area contributed by atoms with Crippen molar-refractivity contribution in [3.05, 3.63) is 59.4 Å². The summed E-state index contributed by atoms with van der Waals surface area (Å²) in [5, 5.41) is 0. The van der Waals surface area contributed by atoms with Crippen LogP contribution in [0.15, 0.2) is 47.4 Å². The molecule has 0 spiro atoms. The van der Waals surface area contributed by atoms with E-state index in [1.54, 1.807) is 0 Å². The predicted molar refractivity (Wildman–Crippen MR) is 86.1 cm³/mol. The molecule has 0 heterocycles. The highest BCUT2D eigenvalue weighted by Crippen LogP contribution is 2.24. The van der Waals surface area contributed by atoms with Crippen molar-refractivity contribution >= 4 is 16.5 Å². The molecule has 112 valence electrons. The smallest absolute Gasteiger partial charge is 0.123 e. The van der Waals surface area contributed by atoms with Gasteiger partial charge in [-0.15, -0.1) is 0 Å². The first-order valence-corrected chi connectivity index (χ1v) is 8.12. The fraction of sp³-hybridized carbons (Fsp3) is 0.294. The summed E-state index contributed by atoms with van der Waals surface area (Å²) in [6, 6.07) is 11.9. The average Bonchev–Trinajstić information content (AvgIpc) is 2.42. The van der Waals surface area contributed by atoms with Crippen molar-refractivity contribution < 1.29 is 8.60 Å². The lowest BCUT2D eigenvalue weighted by molar-refractivity contribution is 0.589. The summed E-state index contributed by atoms with van der Waals surface area (Å²) in [6.07, 6.45) is 0. The molecule has 2 aromatic rings. The number of nitrogens with two attached hydrogens (primary N) is 1. The number of anilines is 1. The normalized spacial score (nSPS) is 13.1. The molecule has 0 saturated carbocycles. The number of rotatable bonds is 3. The van der Waals surface area contributed by atoms with Gasteiger partial charge in [-0.25, -0.2) is 4.39 Å². The zero-order chi connectivity index (χ0) is 15.6. The first kappa shape index (κ1) is 15.7. The lowest BCUT2D eigenvalue weighted by Crippen LogP contribution is -2.11. The second-order valence-electron chi connectivity index (χ2n) is 6.11. The van der Waals surface area contributed by atoms with Crippen LogP contribution in [0.2, 0.25) is 0 Å². The van der Waals surface area contributed by atoms with Crippen LogP contribution in [0.1, 0.15) is 31.9 Å². The van der Waals surface area contributed by atoms with E-state index in [0.717, 1.165) is 4.90 Å². The molecule has 4 heteroatoms. The lowest BCUT2D eigenvalue weighted by Gasteiger charge is -2.19. The van der Waals surface area contributed by atoms with Gasteiger partial charge in [0, 0.05) is 10.6 Å². The van der Waals surface area contributed by atoms with Gasteiger partial charge < -0.3 is 5.73 Å². The number of nitrogen functional groups attached to an aromatic ring is 1. The summed E-state index contributed by atoms with van der Waals surface area (Å²) in [5.41, 5.74) is 8.09. The number of halogens is 1. The third-order valence-electron chi connectivity index (χ3n) is 3.37. The summed E-state index contributed by atoms with van der Waals surface area (Å²) < 4.78 is 25.6. The highest BCUT2D eigenvalue weighted by Gasteiger charge is 2.14. The molecular formula is C17H20FNOS. The van der Waals surface area contributed by atoms with Gasteiger partial charge in [0.25, 0.3) is 0 Å². The van der Waals surface area contributed by atoms with Crippen molar-refractivity contribution in [3.63, 3.8) is 0 Å². The highest BCUT2D eigenvalue weighted by molar-refractivity contribution is 7.84. The van der Waals surface area contributed by atoms with Crippen LogP contribution in [0.5, 0.6) is 0 Å². The minimum absolute atomic E-state index is 0.0625. The Kier molecular flexibility index (Phi) is 4.47. The van der Waals surface area contributed by atoms with Crippen LogP contribution in [-0.2, 0) is 22.0 Å². The quantitative estimate of drug-likeness (QED) is 0.871. The van der Waals surface area contributed by atoms with Gasteiger partial charge >= 0.3 is 0 Å². The molecular weight excluding hydrogens is 285 g/mol. The largest absolute Gasteiger partial charge is 0.398 e. The van der Waals surface area contributed by atoms with Gasteiger partial charge in [-0.1, -0.05) is 32.9 Å². The number of hydrogen-bond acceptors (Lipinski definition) is 2. The Labute approximate surface area is 127 Å². The Morgan fingerprint density at radius 1 is 1.10 bits per heavy atom. The van der Waals surface area contributed by atoms with E-state index in [1.165, 1.54) is 23.8 Å². The van der Waals surface area contributed by atoms with Crippen LogP contribution in [0.25, 0.3) is 0 Å². The second-order valence-corrected chi connectivity index (χ2v) is 7.56. The van der Waals surface area contributed by atoms with Crippen LogP contribution < -0.4 is 5.73 Å². The van der Waals surface area contributed by atoms with E-state index in [4.69, 9.17) is 5.73 Å². The monoisotopic (exact) mass is 305 g/mol. The van der Waals surface area contributed by atoms with E-state index in [1.807, 2.05) is 24.3 Å². The van der Waals surface area contributed by atoms with Crippen molar-refractivity contribution in [1.29, 1.82) is 0 Å². The molecule has 2 N–H and O–H groups in total. The number of benzene rings is 2. The standard InChI is InChI=1S/C17H20FNOS/c1-17(2,3)13-4-7-15(8-5-13)21(20)11-12-10-14(18)6-9-16(12)19/h4-10H,11,19H2,1-3H3. The summed E-state index contributed by atoms with van der Waals surface area (Å²) in [4.78, 5) is 0.728. The maximum atomic E-state index is 13.2. The number of hydrogen-bond donors (Lipinski definition) is 1. The molecule has 0 amide bonds. The van der Waals surface area contributed by atoms with Crippen LogP contribution in [0.4, 0.5) is 10.1 Å². The van der Waals surface area contributed by atoms with E-state index in [2.05, 4.69) is 20.8 Å². The van der Waals surface area contributed by atoms with Crippen LogP contribution in [0, 0.1) is 5.82 Å². The Morgan fingerprint density at radius 2 is 1.71 bits per heavy atom. The summed E-state index contributed by atoms with van der Waals surface area (Å²) in [7, 11) is -1.23. The molecule has 1 unspecified atom stereocenters. The molecule has 2 nitrogen and oxygen atoms in total. The maximum Gasteiger partial charge on any atom is 0.123 e. The lowest BCUT2D eigenvalue weighted by atomic mass is 9.87. The third kappa shape index (κ3) is 3.91. The highest BCUT2D eigenvalue weighted by atomic mass is 32.2. The molecule has 2 rings (SSSR count). The van der Waals surface area contributed by atoms with E-state index in [9.17, 15) is 8.60 Å². The molecule has 21 heavy (non-hydrogen) atoms. The van der Waals surface area contributed by atoms with Gasteiger partial charge in [0.15, 0.2) is 0 Å². The fourth-order valence-corrected chi connectivity index (χ4v) is 3.17. The van der Waals surface area contributed by atoms with Gasteiger partial charge in [0.2, 0.25) is 0 Å². The summed E-state index contributed by atoms with van der Waals surface area (Å²) in [6.45, 7) is 6.39. The molecule has 0 aliphatic rings. The van der Waals surface area contributed by atoms with Crippen molar-refractivity contribution in [1.82, 2.24) is 0 Å². The van der Waals surface area contributed by atoms with Gasteiger partial charge in [-0.05, 0) is 46.9 Å². The summed E-state index contributed by atoms with van der Waals surface area (Å²) in [5.74, 6) is -0.141. The fourth-order valence-electron chi connectivity index (χ4n) is 2.03. The molecule has 0 bridgehead atoms. The van der Waals surface area contributed by atoms with Crippen molar-refractivity contribution in [2.45, 2.75) is 36.8 Å². The Hall–Kier alpha value is -1.68. The van der Waals surface area contributed by atoms with E-state index in [-0.39, 0.29) is 17.0 Å². The topological polar surface area (TPSA) is 43.1 Å². The van der Waals surface area contributed by atoms with Gasteiger partial charge in [-0.2, -0.15) is 0 Å². The van der Waals surface area contributed by atoms with E-state index in [0.29, 0.717) is 11.3 Å². The third-order valence-corrected chi connectivity index (χ3v) is 4.75. The van der Waals surface area contributed by atoms with Crippen molar-refractivity contribution in [2.75, 3.05) is 5.73 Å². The van der Waals surface area contributed by atoms with Gasteiger partial charge in [0.1, 0.15) is 5.82 Å². The molecule has 0 radical (unpaired) electrons. The Morgan fingerprint density at radius 3 is 2.29 bits per heavy atom. The Balaban J connectivity index is 2.19. The molecule has 0 saturated heterocycles. The van der Waals surface area contributed by atoms with Crippen molar-refractivity contribution in [3.8, 4) is 0 Å². The first-order chi connectivity index (χ1) is 9.77. The van der Waals surface area contributed by atoms with Crippen molar-refractivity contribution in [2.24, 2.45) is 0 Å². The predicted octanol–water partition coefficient (Wildman–Crippen LogP) is 4.01. The Bertz CT molecular complexity index is 659.